The number of hydrogen-bond donors (Lipinski definition) is 1. The van der Waals surface area contributed by atoms with Gasteiger partial charge in [-0.3, -0.25) is 14.3 Å². The molecule has 1 aliphatic rings. The molecule has 1 aliphatic heterocycles. The van der Waals surface area contributed by atoms with Gasteiger partial charge in [0.05, 0.1) is 12.2 Å². The van der Waals surface area contributed by atoms with Crippen LogP contribution in [0.4, 0.5) is 29.3 Å². The van der Waals surface area contributed by atoms with E-state index in [2.05, 4.69) is 15.2 Å². The number of ether oxygens (including phenoxy) is 3. The van der Waals surface area contributed by atoms with E-state index in [0.717, 1.165) is 23.7 Å². The second kappa shape index (κ2) is 10.7. The minimum atomic E-state index is -4.79. The molecule has 1 amide bonds. The van der Waals surface area contributed by atoms with Crippen molar-refractivity contribution < 1.29 is 40.6 Å². The number of halogens is 3. The summed E-state index contributed by atoms with van der Waals surface area (Å²) < 4.78 is 85.4. The molecule has 4 rings (SSSR count). The van der Waals surface area contributed by atoms with Gasteiger partial charge in [0.15, 0.2) is 4.90 Å². The molecule has 10 nitrogen and oxygen atoms in total. The summed E-state index contributed by atoms with van der Waals surface area (Å²) in [5, 5.41) is 6.48. The molecule has 1 aromatic heterocycles. The fourth-order valence-corrected chi connectivity index (χ4v) is 5.15. The number of amides is 1. The predicted molar refractivity (Wildman–Crippen MR) is 135 cm³/mol. The lowest BCUT2D eigenvalue weighted by Gasteiger charge is -2.31. The lowest BCUT2D eigenvalue weighted by molar-refractivity contribution is -0.242. The van der Waals surface area contributed by atoms with Crippen LogP contribution in [0.2, 0.25) is 0 Å². The van der Waals surface area contributed by atoms with Crippen LogP contribution in [0, 0.1) is 0 Å². The third-order valence-electron chi connectivity index (χ3n) is 5.86. The SMILES string of the molecule is CCn1cc(S(=O)(=O)N2CCOc3ccc(NC(=O)OC(C)(C)C(F)(F)F)cc32)c(OCc2ccccc2)n1. The van der Waals surface area contributed by atoms with Gasteiger partial charge in [-0.25, -0.2) is 13.2 Å². The second-order valence-corrected chi connectivity index (χ2v) is 10.9. The van der Waals surface area contributed by atoms with Crippen LogP contribution in [0.15, 0.2) is 59.6 Å². The third-order valence-corrected chi connectivity index (χ3v) is 7.66. The zero-order valence-corrected chi connectivity index (χ0v) is 22.2. The van der Waals surface area contributed by atoms with Crippen molar-refractivity contribution in [2.24, 2.45) is 0 Å². The Morgan fingerprint density at radius 1 is 1.15 bits per heavy atom. The van der Waals surface area contributed by atoms with Crippen LogP contribution in [0.1, 0.15) is 26.3 Å². The summed E-state index contributed by atoms with van der Waals surface area (Å²) in [7, 11) is -4.24. The molecule has 3 aromatic rings. The molecule has 2 heterocycles. The number of carbonyl (C=O) groups is 1. The quantitative estimate of drug-likeness (QED) is 0.409. The lowest BCUT2D eigenvalue weighted by Crippen LogP contribution is -2.44. The van der Waals surface area contributed by atoms with Crippen LogP contribution in [0.3, 0.4) is 0 Å². The Labute approximate surface area is 223 Å². The van der Waals surface area contributed by atoms with Gasteiger partial charge in [-0.1, -0.05) is 30.3 Å². The first-order valence-corrected chi connectivity index (χ1v) is 13.4. The first-order chi connectivity index (χ1) is 18.3. The van der Waals surface area contributed by atoms with Crippen LogP contribution >= 0.6 is 0 Å². The summed E-state index contributed by atoms with van der Waals surface area (Å²) >= 11 is 0. The van der Waals surface area contributed by atoms with Crippen LogP contribution in [0.5, 0.6) is 11.6 Å². The summed E-state index contributed by atoms with van der Waals surface area (Å²) in [4.78, 5) is 12.0. The number of aromatic nitrogens is 2. The molecule has 210 valence electrons. The Bertz CT molecular complexity index is 1440. The van der Waals surface area contributed by atoms with Gasteiger partial charge in [0.25, 0.3) is 15.9 Å². The van der Waals surface area contributed by atoms with Gasteiger partial charge < -0.3 is 14.2 Å². The fourth-order valence-electron chi connectivity index (χ4n) is 3.62. The molecule has 0 fully saturated rings. The molecule has 0 atom stereocenters. The number of sulfonamides is 1. The van der Waals surface area contributed by atoms with Gasteiger partial charge in [0, 0.05) is 18.4 Å². The zero-order chi connectivity index (χ0) is 28.4. The molecule has 14 heteroatoms. The van der Waals surface area contributed by atoms with Crippen LogP contribution in [0.25, 0.3) is 0 Å². The molecule has 0 saturated carbocycles. The molecule has 0 spiro atoms. The van der Waals surface area contributed by atoms with E-state index in [0.29, 0.717) is 6.54 Å². The van der Waals surface area contributed by atoms with Gasteiger partial charge in [-0.2, -0.15) is 13.2 Å². The van der Waals surface area contributed by atoms with Crippen molar-refractivity contribution in [3.8, 4) is 11.6 Å². The minimum Gasteiger partial charge on any atom is -0.489 e. The zero-order valence-electron chi connectivity index (χ0n) is 21.4. The van der Waals surface area contributed by atoms with Crippen LogP contribution < -0.4 is 19.1 Å². The number of carbonyl (C=O) groups excluding carboxylic acids is 1. The maximum absolute atomic E-state index is 13.8. The summed E-state index contributed by atoms with van der Waals surface area (Å²) in [5.41, 5.74) is -1.83. The largest absolute Gasteiger partial charge is 0.489 e. The average Bonchev–Trinajstić information content (AvgIpc) is 3.31. The summed E-state index contributed by atoms with van der Waals surface area (Å²) in [6.45, 7) is 3.69. The van der Waals surface area contributed by atoms with Crippen LogP contribution in [-0.2, 0) is 27.9 Å². The van der Waals surface area contributed by atoms with Crippen molar-refractivity contribution in [2.45, 2.75) is 50.6 Å². The predicted octanol–water partition coefficient (Wildman–Crippen LogP) is 4.96. The topological polar surface area (TPSA) is 112 Å². The number of hydrogen-bond acceptors (Lipinski definition) is 7. The number of alkyl halides is 3. The second-order valence-electron chi connectivity index (χ2n) is 9.06. The first-order valence-electron chi connectivity index (χ1n) is 11.9. The van der Waals surface area contributed by atoms with Crippen LogP contribution in [-0.4, -0.2) is 49.2 Å². The van der Waals surface area contributed by atoms with Crippen molar-refractivity contribution in [3.63, 3.8) is 0 Å². The highest BCUT2D eigenvalue weighted by Gasteiger charge is 2.51. The molecule has 0 aliphatic carbocycles. The highest BCUT2D eigenvalue weighted by Crippen LogP contribution is 2.39. The molecule has 0 radical (unpaired) electrons. The van der Waals surface area contributed by atoms with Gasteiger partial charge >= 0.3 is 12.3 Å². The first kappa shape index (κ1) is 28.1. The number of anilines is 2. The Hall–Kier alpha value is -3.94. The molecular formula is C25H27F3N4O6S. The molecule has 1 N–H and O–H groups in total. The van der Waals surface area contributed by atoms with E-state index in [1.807, 2.05) is 30.3 Å². The molecule has 2 aromatic carbocycles. The number of nitrogens with zero attached hydrogens (tertiary/aromatic N) is 3. The number of aryl methyl sites for hydroxylation is 1. The van der Waals surface area contributed by atoms with E-state index < -0.39 is 27.9 Å². The number of nitrogens with one attached hydrogen (secondary N) is 1. The Morgan fingerprint density at radius 2 is 1.87 bits per heavy atom. The standard InChI is InChI=1S/C25H27F3N4O6S/c1-4-31-15-21(22(30-31)37-16-17-8-6-5-7-9-17)39(34,35)32-12-13-36-20-11-10-18(14-19(20)32)29-23(33)38-24(2,3)25(26,27)28/h5-11,14-15H,4,12-13,16H2,1-3H3,(H,29,33). The van der Waals surface area contributed by atoms with Gasteiger partial charge in [0.1, 0.15) is 19.0 Å². The van der Waals surface area contributed by atoms with Crippen molar-refractivity contribution in [1.82, 2.24) is 9.78 Å². The minimum absolute atomic E-state index is 0.00669. The van der Waals surface area contributed by atoms with Crippen molar-refractivity contribution in [1.29, 1.82) is 0 Å². The smallest absolute Gasteiger partial charge is 0.427 e. The Morgan fingerprint density at radius 3 is 2.54 bits per heavy atom. The number of fused-ring (bicyclic) bond motifs is 1. The van der Waals surface area contributed by atoms with E-state index in [1.54, 1.807) is 6.92 Å². The molecule has 0 saturated heterocycles. The number of benzene rings is 2. The average molecular weight is 569 g/mol. The summed E-state index contributed by atoms with van der Waals surface area (Å²) in [6, 6.07) is 13.2. The summed E-state index contributed by atoms with van der Waals surface area (Å²) in [6.07, 6.45) is -4.78. The van der Waals surface area contributed by atoms with Crippen molar-refractivity contribution >= 4 is 27.5 Å². The van der Waals surface area contributed by atoms with Crippen molar-refractivity contribution in [2.75, 3.05) is 22.8 Å². The van der Waals surface area contributed by atoms with Gasteiger partial charge in [-0.05, 0) is 44.5 Å². The van der Waals surface area contributed by atoms with E-state index >= 15 is 0 Å². The highest BCUT2D eigenvalue weighted by atomic mass is 32.2. The Balaban J connectivity index is 1.61. The molecule has 0 bridgehead atoms. The normalized spacial score (nSPS) is 13.8. The van der Waals surface area contributed by atoms with E-state index in [4.69, 9.17) is 9.47 Å². The maximum atomic E-state index is 13.8. The monoisotopic (exact) mass is 568 g/mol. The molecule has 39 heavy (non-hydrogen) atoms. The van der Waals surface area contributed by atoms with E-state index in [1.165, 1.54) is 29.1 Å². The third kappa shape index (κ3) is 6.05. The lowest BCUT2D eigenvalue weighted by atomic mass is 10.1. The van der Waals surface area contributed by atoms with E-state index in [9.17, 15) is 26.4 Å². The van der Waals surface area contributed by atoms with E-state index in [-0.39, 0.29) is 47.7 Å². The molecular weight excluding hydrogens is 541 g/mol. The maximum Gasteiger partial charge on any atom is 0.427 e. The van der Waals surface area contributed by atoms with Gasteiger partial charge in [-0.15, -0.1) is 5.10 Å². The summed E-state index contributed by atoms with van der Waals surface area (Å²) in [5.74, 6) is 0.120. The highest BCUT2D eigenvalue weighted by molar-refractivity contribution is 7.93. The van der Waals surface area contributed by atoms with Gasteiger partial charge in [0.2, 0.25) is 5.60 Å². The number of rotatable bonds is 8. The molecule has 0 unspecified atom stereocenters. The fraction of sp³-hybridized carbons (Fsp3) is 0.360. The Kier molecular flexibility index (Phi) is 7.68. The van der Waals surface area contributed by atoms with Crippen molar-refractivity contribution in [3.05, 3.63) is 60.3 Å².